The number of nitro benzene ring substituents is 1. The predicted molar refractivity (Wildman–Crippen MR) is 82.7 cm³/mol. The van der Waals surface area contributed by atoms with E-state index < -0.39 is 4.92 Å². The van der Waals surface area contributed by atoms with Crippen LogP contribution >= 0.6 is 24.8 Å². The van der Waals surface area contributed by atoms with Gasteiger partial charge in [-0.25, -0.2) is 0 Å². The van der Waals surface area contributed by atoms with Crippen LogP contribution in [0.3, 0.4) is 0 Å². The van der Waals surface area contributed by atoms with Crippen LogP contribution in [0.1, 0.15) is 0 Å². The van der Waals surface area contributed by atoms with Gasteiger partial charge in [-0.15, -0.1) is 24.8 Å². The van der Waals surface area contributed by atoms with Crippen molar-refractivity contribution in [1.82, 2.24) is 0 Å². The third-order valence-electron chi connectivity index (χ3n) is 2.14. The van der Waals surface area contributed by atoms with Crippen molar-refractivity contribution in [3.8, 4) is 0 Å². The first-order chi connectivity index (χ1) is 8.20. The molecule has 0 saturated heterocycles. The third-order valence-corrected chi connectivity index (χ3v) is 2.14. The number of rotatable bonds is 7. The van der Waals surface area contributed by atoms with Crippen LogP contribution in [0.15, 0.2) is 18.2 Å². The lowest BCUT2D eigenvalue weighted by Crippen LogP contribution is -2.16. The summed E-state index contributed by atoms with van der Waals surface area (Å²) < 4.78 is 0. The van der Waals surface area contributed by atoms with Crippen LogP contribution < -0.4 is 22.1 Å². The van der Waals surface area contributed by atoms with Gasteiger partial charge in [0.05, 0.1) is 4.92 Å². The molecular formula is C10H19Cl2N5O2. The number of para-hydroxylation sites is 1. The van der Waals surface area contributed by atoms with E-state index in [4.69, 9.17) is 11.5 Å². The molecule has 0 unspecified atom stereocenters. The molecule has 0 heterocycles. The molecule has 0 aromatic heterocycles. The van der Waals surface area contributed by atoms with E-state index in [0.717, 1.165) is 0 Å². The summed E-state index contributed by atoms with van der Waals surface area (Å²) in [6.45, 7) is 1.80. The molecule has 0 aliphatic heterocycles. The Kier molecular flexibility index (Phi) is 11.2. The zero-order valence-corrected chi connectivity index (χ0v) is 11.9. The lowest BCUT2D eigenvalue weighted by atomic mass is 10.2. The van der Waals surface area contributed by atoms with Gasteiger partial charge in [-0.1, -0.05) is 6.07 Å². The topological polar surface area (TPSA) is 119 Å². The molecule has 1 rings (SSSR count). The molecule has 9 heteroatoms. The van der Waals surface area contributed by atoms with Crippen molar-refractivity contribution >= 4 is 41.9 Å². The Balaban J connectivity index is 0. The number of benzene rings is 1. The van der Waals surface area contributed by atoms with Crippen LogP contribution in [0.2, 0.25) is 0 Å². The first kappa shape index (κ1) is 20.0. The summed E-state index contributed by atoms with van der Waals surface area (Å²) in [5.74, 6) is 0. The van der Waals surface area contributed by atoms with Crippen molar-refractivity contribution in [2.45, 2.75) is 0 Å². The number of nitro groups is 1. The molecule has 0 amide bonds. The average molecular weight is 312 g/mol. The van der Waals surface area contributed by atoms with E-state index in [9.17, 15) is 10.1 Å². The van der Waals surface area contributed by atoms with Crippen molar-refractivity contribution in [3.05, 3.63) is 28.3 Å². The summed E-state index contributed by atoms with van der Waals surface area (Å²) in [4.78, 5) is 10.6. The Morgan fingerprint density at radius 2 is 1.47 bits per heavy atom. The fourth-order valence-electron chi connectivity index (χ4n) is 1.44. The quantitative estimate of drug-likeness (QED) is 0.443. The molecule has 0 saturated carbocycles. The molecule has 0 spiro atoms. The van der Waals surface area contributed by atoms with Gasteiger partial charge >= 0.3 is 5.69 Å². The molecule has 0 aliphatic carbocycles. The molecule has 110 valence electrons. The first-order valence-electron chi connectivity index (χ1n) is 5.36. The summed E-state index contributed by atoms with van der Waals surface area (Å²) in [6.07, 6.45) is 0. The first-order valence-corrected chi connectivity index (χ1v) is 5.36. The summed E-state index contributed by atoms with van der Waals surface area (Å²) >= 11 is 0. The molecule has 7 nitrogen and oxygen atoms in total. The van der Waals surface area contributed by atoms with Crippen LogP contribution in [0.5, 0.6) is 0 Å². The van der Waals surface area contributed by atoms with Crippen molar-refractivity contribution in [1.29, 1.82) is 0 Å². The number of halogens is 2. The summed E-state index contributed by atoms with van der Waals surface area (Å²) in [7, 11) is 0. The Labute approximate surface area is 124 Å². The SMILES string of the molecule is Cl.Cl.NCCNc1cccc(NCCN)c1[N+](=O)[O-]. The van der Waals surface area contributed by atoms with Crippen LogP contribution in [0.4, 0.5) is 17.1 Å². The van der Waals surface area contributed by atoms with Gasteiger partial charge in [0, 0.05) is 26.2 Å². The smallest absolute Gasteiger partial charge is 0.315 e. The van der Waals surface area contributed by atoms with Gasteiger partial charge < -0.3 is 22.1 Å². The highest BCUT2D eigenvalue weighted by atomic mass is 35.5. The second-order valence-corrected chi connectivity index (χ2v) is 3.39. The summed E-state index contributed by atoms with van der Waals surface area (Å²) in [5.41, 5.74) is 11.7. The molecule has 0 radical (unpaired) electrons. The molecular weight excluding hydrogens is 293 g/mol. The molecule has 0 aliphatic rings. The van der Waals surface area contributed by atoms with Gasteiger partial charge in [0.15, 0.2) is 0 Å². The molecule has 6 N–H and O–H groups in total. The maximum atomic E-state index is 11.0. The summed E-state index contributed by atoms with van der Waals surface area (Å²) in [6, 6.07) is 5.05. The van der Waals surface area contributed by atoms with E-state index in [1.807, 2.05) is 0 Å². The number of hydrogen-bond donors (Lipinski definition) is 4. The lowest BCUT2D eigenvalue weighted by Gasteiger charge is -2.10. The van der Waals surface area contributed by atoms with Crippen molar-refractivity contribution in [2.24, 2.45) is 11.5 Å². The zero-order chi connectivity index (χ0) is 12.7. The molecule has 19 heavy (non-hydrogen) atoms. The maximum Gasteiger partial charge on any atom is 0.315 e. The standard InChI is InChI=1S/C10H17N5O2.2ClH/c11-4-6-13-8-2-1-3-9(14-7-5-12)10(8)15(16)17;;/h1-3,13-14H,4-7,11-12H2;2*1H. The fraction of sp³-hybridized carbons (Fsp3) is 0.400. The van der Waals surface area contributed by atoms with Crippen molar-refractivity contribution in [2.75, 3.05) is 36.8 Å². The predicted octanol–water partition coefficient (Wildman–Crippen LogP) is 1.18. The fourth-order valence-corrected chi connectivity index (χ4v) is 1.44. The van der Waals surface area contributed by atoms with Crippen molar-refractivity contribution in [3.63, 3.8) is 0 Å². The minimum absolute atomic E-state index is 0. The highest BCUT2D eigenvalue weighted by Gasteiger charge is 2.18. The minimum Gasteiger partial charge on any atom is -0.378 e. The van der Waals surface area contributed by atoms with E-state index >= 15 is 0 Å². The summed E-state index contributed by atoms with van der Waals surface area (Å²) in [5, 5.41) is 16.9. The van der Waals surface area contributed by atoms with E-state index in [1.54, 1.807) is 18.2 Å². The van der Waals surface area contributed by atoms with E-state index in [-0.39, 0.29) is 30.5 Å². The normalized spacial score (nSPS) is 8.95. The maximum absolute atomic E-state index is 11.0. The number of anilines is 2. The van der Waals surface area contributed by atoms with Gasteiger partial charge in [-0.05, 0) is 12.1 Å². The van der Waals surface area contributed by atoms with E-state index in [2.05, 4.69) is 10.6 Å². The second-order valence-electron chi connectivity index (χ2n) is 3.39. The van der Waals surface area contributed by atoms with E-state index in [1.165, 1.54) is 0 Å². The number of nitrogens with zero attached hydrogens (tertiary/aromatic N) is 1. The Hall–Kier alpha value is -1.28. The van der Waals surface area contributed by atoms with Crippen LogP contribution in [-0.2, 0) is 0 Å². The minimum atomic E-state index is -0.419. The second kappa shape index (κ2) is 10.6. The zero-order valence-electron chi connectivity index (χ0n) is 10.3. The Morgan fingerprint density at radius 3 is 1.79 bits per heavy atom. The molecule has 0 bridgehead atoms. The van der Waals surface area contributed by atoms with Crippen LogP contribution in [-0.4, -0.2) is 31.1 Å². The Bertz CT molecular complexity index is 366. The van der Waals surface area contributed by atoms with Gasteiger partial charge in [-0.3, -0.25) is 10.1 Å². The highest BCUT2D eigenvalue weighted by Crippen LogP contribution is 2.32. The van der Waals surface area contributed by atoms with E-state index in [0.29, 0.717) is 37.6 Å². The van der Waals surface area contributed by atoms with Gasteiger partial charge in [-0.2, -0.15) is 0 Å². The molecule has 1 aromatic carbocycles. The van der Waals surface area contributed by atoms with Crippen LogP contribution in [0.25, 0.3) is 0 Å². The van der Waals surface area contributed by atoms with Gasteiger partial charge in [0.25, 0.3) is 0 Å². The largest absolute Gasteiger partial charge is 0.378 e. The van der Waals surface area contributed by atoms with Gasteiger partial charge in [0.2, 0.25) is 0 Å². The monoisotopic (exact) mass is 311 g/mol. The average Bonchev–Trinajstić information content (AvgIpc) is 2.33. The third kappa shape index (κ3) is 5.93. The number of nitrogens with one attached hydrogen (secondary N) is 2. The van der Waals surface area contributed by atoms with Gasteiger partial charge in [0.1, 0.15) is 11.4 Å². The molecule has 0 atom stereocenters. The highest BCUT2D eigenvalue weighted by molar-refractivity contribution is 5.85. The lowest BCUT2D eigenvalue weighted by molar-refractivity contribution is -0.383. The van der Waals surface area contributed by atoms with Crippen LogP contribution in [0, 0.1) is 10.1 Å². The molecule has 1 aromatic rings. The Morgan fingerprint density at radius 1 is 1.05 bits per heavy atom. The number of nitrogens with two attached hydrogens (primary N) is 2. The van der Waals surface area contributed by atoms with Crippen molar-refractivity contribution < 1.29 is 4.92 Å². The number of hydrogen-bond acceptors (Lipinski definition) is 6. The molecule has 0 fully saturated rings.